The Kier molecular flexibility index (Phi) is 6.52. The van der Waals surface area contributed by atoms with Gasteiger partial charge in [0.05, 0.1) is 16.9 Å². The highest BCUT2D eigenvalue weighted by atomic mass is 16.2. The summed E-state index contributed by atoms with van der Waals surface area (Å²) in [6.45, 7) is 8.10. The fraction of sp³-hybridized carbons (Fsp3) is 0.625. The number of aromatic nitrogens is 2. The van der Waals surface area contributed by atoms with Crippen LogP contribution in [0.4, 0.5) is 0 Å². The number of benzene rings is 1. The molecule has 0 N–H and O–H groups in total. The summed E-state index contributed by atoms with van der Waals surface area (Å²) >= 11 is 0. The molecular weight excluding hydrogens is 376 g/mol. The number of amides is 1. The first-order valence-electron chi connectivity index (χ1n) is 11.6. The zero-order chi connectivity index (χ0) is 21.1. The number of fused-ring (bicyclic) bond motifs is 1. The number of para-hydroxylation sites is 1. The number of carbonyl (C=O) groups is 1. The summed E-state index contributed by atoms with van der Waals surface area (Å²) in [6.07, 6.45) is 6.65. The highest BCUT2D eigenvalue weighted by molar-refractivity contribution is 5.79. The van der Waals surface area contributed by atoms with E-state index in [2.05, 4.69) is 23.6 Å². The van der Waals surface area contributed by atoms with Crippen LogP contribution in [0.5, 0.6) is 0 Å². The summed E-state index contributed by atoms with van der Waals surface area (Å²) < 4.78 is 1.85. The van der Waals surface area contributed by atoms with Gasteiger partial charge in [-0.15, -0.1) is 0 Å². The van der Waals surface area contributed by atoms with Gasteiger partial charge >= 0.3 is 0 Å². The first-order chi connectivity index (χ1) is 14.6. The van der Waals surface area contributed by atoms with E-state index in [1.807, 2.05) is 28.8 Å². The van der Waals surface area contributed by atoms with E-state index in [4.69, 9.17) is 4.98 Å². The smallest absolute Gasteiger partial charge is 0.261 e. The highest BCUT2D eigenvalue weighted by Crippen LogP contribution is 2.27. The van der Waals surface area contributed by atoms with E-state index in [9.17, 15) is 9.59 Å². The second-order valence-electron chi connectivity index (χ2n) is 8.82. The fourth-order valence-electron chi connectivity index (χ4n) is 5.04. The molecule has 1 aliphatic heterocycles. The topological polar surface area (TPSA) is 58.4 Å². The number of carbonyl (C=O) groups excluding carboxylic acids is 1. The second-order valence-corrected chi connectivity index (χ2v) is 8.82. The minimum atomic E-state index is 0.0424. The summed E-state index contributed by atoms with van der Waals surface area (Å²) in [7, 11) is 0. The molecule has 6 heteroatoms. The van der Waals surface area contributed by atoms with E-state index in [0.29, 0.717) is 17.8 Å². The lowest BCUT2D eigenvalue weighted by molar-refractivity contribution is -0.138. The maximum Gasteiger partial charge on any atom is 0.261 e. The molecule has 1 atom stereocenters. The van der Waals surface area contributed by atoms with Crippen LogP contribution in [0, 0.1) is 5.92 Å². The molecule has 0 radical (unpaired) electrons. The maximum absolute atomic E-state index is 13.1. The van der Waals surface area contributed by atoms with E-state index in [1.165, 1.54) is 19.3 Å². The maximum atomic E-state index is 13.1. The predicted molar refractivity (Wildman–Crippen MR) is 119 cm³/mol. The summed E-state index contributed by atoms with van der Waals surface area (Å²) in [4.78, 5) is 35.3. The van der Waals surface area contributed by atoms with E-state index in [-0.39, 0.29) is 17.5 Å². The molecule has 1 amide bonds. The van der Waals surface area contributed by atoms with E-state index >= 15 is 0 Å². The molecular formula is C24H34N4O2. The number of piperazine rings is 1. The van der Waals surface area contributed by atoms with Gasteiger partial charge in [0.1, 0.15) is 5.82 Å². The minimum Gasteiger partial charge on any atom is -0.340 e. The molecule has 2 aliphatic rings. The summed E-state index contributed by atoms with van der Waals surface area (Å²) in [5, 5.41) is 0.685. The van der Waals surface area contributed by atoms with Crippen molar-refractivity contribution < 1.29 is 4.79 Å². The van der Waals surface area contributed by atoms with Crippen LogP contribution in [0.3, 0.4) is 0 Å². The van der Waals surface area contributed by atoms with Crippen molar-refractivity contribution in [3.8, 4) is 0 Å². The third-order valence-electron chi connectivity index (χ3n) is 6.84. The molecule has 162 valence electrons. The van der Waals surface area contributed by atoms with Crippen LogP contribution in [-0.4, -0.2) is 51.4 Å². The Hall–Kier alpha value is -2.21. The van der Waals surface area contributed by atoms with Crippen molar-refractivity contribution in [2.75, 3.05) is 26.2 Å². The summed E-state index contributed by atoms with van der Waals surface area (Å²) in [5.74, 6) is 1.43. The van der Waals surface area contributed by atoms with E-state index in [0.717, 1.165) is 56.8 Å². The molecule has 6 nitrogen and oxygen atoms in total. The molecule has 2 heterocycles. The molecule has 1 saturated carbocycles. The summed E-state index contributed by atoms with van der Waals surface area (Å²) in [6, 6.07) is 7.65. The predicted octanol–water partition coefficient (Wildman–Crippen LogP) is 3.59. The lowest BCUT2D eigenvalue weighted by atomic mass is 9.88. The molecule has 0 bridgehead atoms. The molecule has 30 heavy (non-hydrogen) atoms. The number of hydrogen-bond acceptors (Lipinski definition) is 4. The summed E-state index contributed by atoms with van der Waals surface area (Å²) in [5.41, 5.74) is 0.818. The van der Waals surface area contributed by atoms with Gasteiger partial charge in [0.15, 0.2) is 0 Å². The first kappa shape index (κ1) is 21.0. The largest absolute Gasteiger partial charge is 0.340 e. The Bertz CT molecular complexity index is 940. The number of nitrogens with zero attached hydrogens (tertiary/aromatic N) is 4. The van der Waals surface area contributed by atoms with Gasteiger partial charge in [0.25, 0.3) is 5.56 Å². The average molecular weight is 411 g/mol. The molecule has 4 rings (SSSR count). The van der Waals surface area contributed by atoms with Crippen molar-refractivity contribution in [1.82, 2.24) is 19.4 Å². The van der Waals surface area contributed by atoms with Gasteiger partial charge < -0.3 is 4.90 Å². The van der Waals surface area contributed by atoms with Crippen LogP contribution in [0.1, 0.15) is 64.2 Å². The zero-order valence-electron chi connectivity index (χ0n) is 18.3. The lowest BCUT2D eigenvalue weighted by Crippen LogP contribution is -2.51. The van der Waals surface area contributed by atoms with Crippen LogP contribution in [0.15, 0.2) is 29.1 Å². The van der Waals surface area contributed by atoms with Crippen LogP contribution in [0.25, 0.3) is 10.9 Å². The molecule has 2 fully saturated rings. The molecule has 1 aromatic heterocycles. The van der Waals surface area contributed by atoms with Crippen molar-refractivity contribution in [2.24, 2.45) is 5.92 Å². The van der Waals surface area contributed by atoms with Gasteiger partial charge in [-0.3, -0.25) is 19.1 Å². The van der Waals surface area contributed by atoms with Crippen LogP contribution >= 0.6 is 0 Å². The zero-order valence-corrected chi connectivity index (χ0v) is 18.3. The third-order valence-corrected chi connectivity index (χ3v) is 6.84. The highest BCUT2D eigenvalue weighted by Gasteiger charge is 2.31. The third kappa shape index (κ3) is 4.15. The Morgan fingerprint density at radius 1 is 1.10 bits per heavy atom. The Morgan fingerprint density at radius 3 is 2.50 bits per heavy atom. The Morgan fingerprint density at radius 2 is 1.80 bits per heavy atom. The SMILES string of the molecule is CCCn1c(C(C)N2CCN(C(=O)C3CCCCC3)CC2)nc2ccccc2c1=O. The van der Waals surface area contributed by atoms with Crippen molar-refractivity contribution in [1.29, 1.82) is 0 Å². The van der Waals surface area contributed by atoms with Crippen LogP contribution in [0.2, 0.25) is 0 Å². The molecule has 1 aliphatic carbocycles. The van der Waals surface area contributed by atoms with E-state index < -0.39 is 0 Å². The molecule has 2 aromatic rings. The van der Waals surface area contributed by atoms with Crippen molar-refractivity contribution in [2.45, 2.75) is 65.0 Å². The molecule has 0 spiro atoms. The van der Waals surface area contributed by atoms with Crippen LogP contribution < -0.4 is 5.56 Å². The second kappa shape index (κ2) is 9.29. The average Bonchev–Trinajstić information content (AvgIpc) is 2.80. The standard InChI is InChI=1S/C24H34N4O2/c1-3-13-28-22(25-21-12-8-7-11-20(21)24(28)30)18(2)26-14-16-27(17-15-26)23(29)19-9-5-4-6-10-19/h7-8,11-12,18-19H,3-6,9-10,13-17H2,1-2H3. The number of hydrogen-bond donors (Lipinski definition) is 0. The van der Waals surface area contributed by atoms with Crippen LogP contribution in [-0.2, 0) is 11.3 Å². The van der Waals surface area contributed by atoms with Gasteiger partial charge in [-0.1, -0.05) is 38.3 Å². The lowest BCUT2D eigenvalue weighted by Gasteiger charge is -2.39. The molecule has 1 aromatic carbocycles. The van der Waals surface area contributed by atoms with Crippen molar-refractivity contribution >= 4 is 16.8 Å². The van der Waals surface area contributed by atoms with E-state index in [1.54, 1.807) is 0 Å². The molecule has 1 saturated heterocycles. The van der Waals surface area contributed by atoms with Crippen molar-refractivity contribution in [3.63, 3.8) is 0 Å². The quantitative estimate of drug-likeness (QED) is 0.756. The minimum absolute atomic E-state index is 0.0424. The Balaban J connectivity index is 1.50. The van der Waals surface area contributed by atoms with Gasteiger partial charge in [0.2, 0.25) is 5.91 Å². The fourth-order valence-corrected chi connectivity index (χ4v) is 5.04. The monoisotopic (exact) mass is 410 g/mol. The van der Waals surface area contributed by atoms with Gasteiger partial charge in [-0.2, -0.15) is 0 Å². The van der Waals surface area contributed by atoms with Gasteiger partial charge in [-0.05, 0) is 38.3 Å². The normalized spacial score (nSPS) is 19.9. The van der Waals surface area contributed by atoms with Crippen molar-refractivity contribution in [3.05, 3.63) is 40.4 Å². The van der Waals surface area contributed by atoms with Gasteiger partial charge in [0, 0.05) is 38.6 Å². The Labute approximate surface area is 178 Å². The first-order valence-corrected chi connectivity index (χ1v) is 11.6. The van der Waals surface area contributed by atoms with Gasteiger partial charge in [-0.25, -0.2) is 4.98 Å². The number of rotatable bonds is 5. The molecule has 1 unspecified atom stereocenters.